The summed E-state index contributed by atoms with van der Waals surface area (Å²) in [6.07, 6.45) is 1.01. The fraction of sp³-hybridized carbons (Fsp3) is 0.400. The van der Waals surface area contributed by atoms with Crippen molar-refractivity contribution in [1.82, 2.24) is 0 Å². The molecule has 0 amide bonds. The number of carbonyl (C=O) groups excluding carboxylic acids is 1. The zero-order valence-corrected chi connectivity index (χ0v) is 14.4. The van der Waals surface area contributed by atoms with Gasteiger partial charge in [0, 0.05) is 10.5 Å². The van der Waals surface area contributed by atoms with Crippen molar-refractivity contribution >= 4 is 29.2 Å². The van der Waals surface area contributed by atoms with Crippen LogP contribution in [0.4, 0.5) is 4.39 Å². The number of hydrogen-bond acceptors (Lipinski definition) is 5. The van der Waals surface area contributed by atoms with Gasteiger partial charge in [0.05, 0.1) is 29.0 Å². The van der Waals surface area contributed by atoms with E-state index in [1.165, 1.54) is 6.08 Å². The Balaban J connectivity index is 3.39. The molecule has 24 heavy (non-hydrogen) atoms. The van der Waals surface area contributed by atoms with Crippen molar-refractivity contribution in [3.05, 3.63) is 50.3 Å². The predicted octanol–water partition coefficient (Wildman–Crippen LogP) is 4.01. The summed E-state index contributed by atoms with van der Waals surface area (Å²) in [6.45, 7) is 4.45. The molecule has 0 aromatic heterocycles. The van der Waals surface area contributed by atoms with Gasteiger partial charge >= 0.3 is 5.97 Å². The largest absolute Gasteiger partial charge is 0.486 e. The number of hydrogen-bond donors (Lipinski definition) is 0. The van der Waals surface area contributed by atoms with Crippen LogP contribution >= 0.6 is 23.2 Å². The summed E-state index contributed by atoms with van der Waals surface area (Å²) >= 11 is 12.0. The van der Waals surface area contributed by atoms with Gasteiger partial charge in [-0.05, 0) is 13.0 Å². The van der Waals surface area contributed by atoms with Gasteiger partial charge in [-0.15, -0.1) is 0 Å². The van der Waals surface area contributed by atoms with Gasteiger partial charge in [0.2, 0.25) is 6.54 Å². The number of ether oxygens (including phenoxy) is 2. The predicted molar refractivity (Wildman–Crippen MR) is 88.0 cm³/mol. The van der Waals surface area contributed by atoms with Crippen LogP contribution in [0.5, 0.6) is 5.75 Å². The number of carbonyl (C=O) groups is 1. The lowest BCUT2D eigenvalue weighted by Gasteiger charge is -2.19. The summed E-state index contributed by atoms with van der Waals surface area (Å²) in [5.41, 5.74) is -0.0340. The Morgan fingerprint density at radius 2 is 2.21 bits per heavy atom. The molecule has 0 fully saturated rings. The van der Waals surface area contributed by atoms with Crippen LogP contribution in [-0.4, -0.2) is 30.7 Å². The Hall–Kier alpha value is -1.86. The van der Waals surface area contributed by atoms with Gasteiger partial charge in [0.15, 0.2) is 11.6 Å². The van der Waals surface area contributed by atoms with E-state index in [4.69, 9.17) is 32.7 Å². The second-order valence-corrected chi connectivity index (χ2v) is 5.50. The molecule has 0 saturated carbocycles. The molecule has 0 N–H and O–H groups in total. The molecule has 0 heterocycles. The molecule has 0 aliphatic heterocycles. The number of nitro groups is 1. The van der Waals surface area contributed by atoms with Crippen LogP contribution in [0, 0.1) is 15.9 Å². The molecule has 9 heteroatoms. The van der Waals surface area contributed by atoms with Gasteiger partial charge in [-0.1, -0.05) is 35.9 Å². The van der Waals surface area contributed by atoms with Gasteiger partial charge in [0.25, 0.3) is 0 Å². The Bertz CT molecular complexity index is 639. The van der Waals surface area contributed by atoms with Gasteiger partial charge in [-0.3, -0.25) is 14.9 Å². The number of halogens is 3. The molecule has 0 aliphatic rings. The van der Waals surface area contributed by atoms with E-state index in [1.54, 1.807) is 6.92 Å². The molecule has 0 radical (unpaired) electrons. The quantitative estimate of drug-likeness (QED) is 0.213. The summed E-state index contributed by atoms with van der Waals surface area (Å²) in [6, 6.07) is 0.944. The lowest BCUT2D eigenvalue weighted by atomic mass is 9.94. The highest BCUT2D eigenvalue weighted by atomic mass is 35.5. The zero-order chi connectivity index (χ0) is 18.3. The van der Waals surface area contributed by atoms with E-state index >= 15 is 0 Å². The van der Waals surface area contributed by atoms with Crippen LogP contribution in [0.3, 0.4) is 0 Å². The van der Waals surface area contributed by atoms with E-state index in [0.717, 1.165) is 6.07 Å². The molecule has 6 nitrogen and oxygen atoms in total. The first-order valence-corrected chi connectivity index (χ1v) is 7.75. The molecule has 1 aromatic rings. The number of benzene rings is 1. The normalized spacial score (nSPS) is 11.7. The second kappa shape index (κ2) is 9.44. The third-order valence-electron chi connectivity index (χ3n) is 3.00. The van der Waals surface area contributed by atoms with Crippen LogP contribution < -0.4 is 4.74 Å². The standard InChI is InChI=1S/C15H16Cl2FNO5/c1-3-5-24-15-11(18)7-10(16)14(17)13(15)9(8-19(21)22)6-12(20)23-4-2/h3,7,9H,1,4-6,8H2,2H3. The molecule has 0 bridgehead atoms. The smallest absolute Gasteiger partial charge is 0.306 e. The van der Waals surface area contributed by atoms with E-state index in [9.17, 15) is 19.3 Å². The molecule has 1 aromatic carbocycles. The van der Waals surface area contributed by atoms with E-state index in [1.807, 2.05) is 0 Å². The van der Waals surface area contributed by atoms with E-state index in [2.05, 4.69) is 6.58 Å². The molecular weight excluding hydrogens is 364 g/mol. The van der Waals surface area contributed by atoms with Crippen LogP contribution in [0.15, 0.2) is 18.7 Å². The van der Waals surface area contributed by atoms with E-state index in [0.29, 0.717) is 0 Å². The van der Waals surface area contributed by atoms with Crippen LogP contribution in [0.25, 0.3) is 0 Å². The molecule has 132 valence electrons. The summed E-state index contributed by atoms with van der Waals surface area (Å²) in [7, 11) is 0. The molecular formula is C15H16Cl2FNO5. The number of esters is 1. The first-order chi connectivity index (χ1) is 11.3. The second-order valence-electron chi connectivity index (χ2n) is 4.72. The third kappa shape index (κ3) is 5.35. The van der Waals surface area contributed by atoms with Crippen molar-refractivity contribution in [2.75, 3.05) is 19.8 Å². The van der Waals surface area contributed by atoms with Crippen LogP contribution in [-0.2, 0) is 9.53 Å². The molecule has 0 aliphatic carbocycles. The first kappa shape index (κ1) is 20.2. The average Bonchev–Trinajstić information content (AvgIpc) is 2.48. The van der Waals surface area contributed by atoms with Gasteiger partial charge < -0.3 is 9.47 Å². The summed E-state index contributed by atoms with van der Waals surface area (Å²) in [5.74, 6) is -2.85. The van der Waals surface area contributed by atoms with Crippen molar-refractivity contribution < 1.29 is 23.6 Å². The number of rotatable bonds is 9. The maximum atomic E-state index is 14.2. The van der Waals surface area contributed by atoms with E-state index in [-0.39, 0.29) is 41.0 Å². The minimum Gasteiger partial charge on any atom is -0.486 e. The van der Waals surface area contributed by atoms with Crippen molar-refractivity contribution in [2.45, 2.75) is 19.3 Å². The van der Waals surface area contributed by atoms with Crippen LogP contribution in [0.2, 0.25) is 10.0 Å². The van der Waals surface area contributed by atoms with Crippen molar-refractivity contribution in [2.24, 2.45) is 0 Å². The monoisotopic (exact) mass is 379 g/mol. The Kier molecular flexibility index (Phi) is 7.94. The van der Waals surface area contributed by atoms with Crippen molar-refractivity contribution in [3.8, 4) is 5.75 Å². The Labute approximate surface area is 148 Å². The fourth-order valence-corrected chi connectivity index (χ4v) is 2.60. The number of nitrogens with zero attached hydrogens (tertiary/aromatic N) is 1. The van der Waals surface area contributed by atoms with Gasteiger partial charge in [-0.2, -0.15) is 0 Å². The minimum atomic E-state index is -1.06. The third-order valence-corrected chi connectivity index (χ3v) is 3.80. The van der Waals surface area contributed by atoms with Crippen molar-refractivity contribution in [3.63, 3.8) is 0 Å². The highest BCUT2D eigenvalue weighted by Gasteiger charge is 2.31. The molecule has 0 spiro atoms. The van der Waals surface area contributed by atoms with Gasteiger partial charge in [0.1, 0.15) is 6.61 Å². The first-order valence-electron chi connectivity index (χ1n) is 7.00. The SMILES string of the molecule is C=CCOc1c(F)cc(Cl)c(Cl)c1C(CC(=O)OCC)C[N+](=O)[O-]. The summed E-state index contributed by atoms with van der Waals surface area (Å²) in [4.78, 5) is 22.1. The zero-order valence-electron chi connectivity index (χ0n) is 12.9. The van der Waals surface area contributed by atoms with Crippen molar-refractivity contribution in [1.29, 1.82) is 0 Å². The topological polar surface area (TPSA) is 78.7 Å². The van der Waals surface area contributed by atoms with E-state index < -0.39 is 29.2 Å². The lowest BCUT2D eigenvalue weighted by Crippen LogP contribution is -2.20. The minimum absolute atomic E-state index is 0.0340. The maximum Gasteiger partial charge on any atom is 0.306 e. The molecule has 1 rings (SSSR count). The average molecular weight is 380 g/mol. The molecule has 1 unspecified atom stereocenters. The Morgan fingerprint density at radius 1 is 1.54 bits per heavy atom. The lowest BCUT2D eigenvalue weighted by molar-refractivity contribution is -0.483. The molecule has 0 saturated heterocycles. The highest BCUT2D eigenvalue weighted by Crippen LogP contribution is 2.41. The highest BCUT2D eigenvalue weighted by molar-refractivity contribution is 6.42. The summed E-state index contributed by atoms with van der Waals surface area (Å²) in [5, 5.41) is 10.7. The molecule has 1 atom stereocenters. The Morgan fingerprint density at radius 3 is 2.75 bits per heavy atom. The maximum absolute atomic E-state index is 14.2. The fourth-order valence-electron chi connectivity index (χ4n) is 2.11. The van der Waals surface area contributed by atoms with Crippen LogP contribution in [0.1, 0.15) is 24.8 Å². The van der Waals surface area contributed by atoms with Gasteiger partial charge in [-0.25, -0.2) is 4.39 Å². The summed E-state index contributed by atoms with van der Waals surface area (Å²) < 4.78 is 24.3.